The molecule has 1 aliphatic heterocycles. The lowest BCUT2D eigenvalue weighted by Crippen LogP contribution is -2.59. The van der Waals surface area contributed by atoms with Gasteiger partial charge in [0.05, 0.1) is 0 Å². The molecule has 2 atom stereocenters. The van der Waals surface area contributed by atoms with Crippen molar-refractivity contribution in [2.24, 2.45) is 0 Å². The monoisotopic (exact) mass is 258 g/mol. The molecule has 5 nitrogen and oxygen atoms in total. The van der Waals surface area contributed by atoms with Gasteiger partial charge in [-0.2, -0.15) is 11.8 Å². The summed E-state index contributed by atoms with van der Waals surface area (Å²) in [5, 5.41) is 24.4. The number of allylic oxidation sites excluding steroid dienone is 2. The minimum atomic E-state index is -1.48. The van der Waals surface area contributed by atoms with Gasteiger partial charge in [0.1, 0.15) is 6.04 Å². The molecule has 0 saturated carbocycles. The topological polar surface area (TPSA) is 81.6 Å². The van der Waals surface area contributed by atoms with Crippen LogP contribution in [0.5, 0.6) is 0 Å². The van der Waals surface area contributed by atoms with Gasteiger partial charge in [0.15, 0.2) is 0 Å². The van der Waals surface area contributed by atoms with Crippen LogP contribution in [0.4, 0.5) is 0 Å². The van der Waals surface area contributed by atoms with Crippen molar-refractivity contribution in [3.63, 3.8) is 0 Å². The molecule has 96 valence electrons. The Bertz CT molecular complexity index is 320. The quantitative estimate of drug-likeness (QED) is 0.393. The third kappa shape index (κ3) is 4.80. The molecule has 0 aromatic heterocycles. The summed E-state index contributed by atoms with van der Waals surface area (Å²) in [6, 6.07) is -0.775. The van der Waals surface area contributed by atoms with Crippen molar-refractivity contribution in [3.05, 3.63) is 24.4 Å². The number of carboxylic acid groups (broad SMARTS) is 1. The van der Waals surface area contributed by atoms with Gasteiger partial charge in [-0.15, -0.1) is 0 Å². The molecule has 6 heteroatoms. The summed E-state index contributed by atoms with van der Waals surface area (Å²) in [5.41, 5.74) is 0. The molecule has 0 amide bonds. The molecule has 1 rings (SSSR count). The van der Waals surface area contributed by atoms with E-state index in [0.29, 0.717) is 6.42 Å². The smallest absolute Gasteiger partial charge is 0.320 e. The molecule has 0 bridgehead atoms. The highest BCUT2D eigenvalue weighted by Crippen LogP contribution is 2.09. The van der Waals surface area contributed by atoms with E-state index in [0.717, 1.165) is 11.5 Å². The van der Waals surface area contributed by atoms with Crippen LogP contribution in [0, 0.1) is 0 Å². The third-order valence-corrected chi connectivity index (χ3v) is 3.23. The maximum absolute atomic E-state index is 11.1. The minimum Gasteiger partial charge on any atom is -0.480 e. The maximum atomic E-state index is 11.1. The van der Waals surface area contributed by atoms with Gasteiger partial charge in [0.25, 0.3) is 0 Å². The molecule has 0 aliphatic carbocycles. The highest BCUT2D eigenvalue weighted by atomic mass is 32.2. The normalized spacial score (nSPS) is 24.4. The first-order valence-corrected chi connectivity index (χ1v) is 6.65. The van der Waals surface area contributed by atoms with E-state index < -0.39 is 17.9 Å². The van der Waals surface area contributed by atoms with Crippen molar-refractivity contribution < 1.29 is 15.0 Å². The molecule has 1 unspecified atom stereocenters. The van der Waals surface area contributed by atoms with Crippen molar-refractivity contribution in [1.29, 1.82) is 0 Å². The Kier molecular flexibility index (Phi) is 5.54. The zero-order chi connectivity index (χ0) is 12.7. The van der Waals surface area contributed by atoms with Crippen LogP contribution < -0.4 is 10.6 Å². The fraction of sp³-hybridized carbons (Fsp3) is 0.545. The summed E-state index contributed by atoms with van der Waals surface area (Å²) in [6.45, 7) is 2.03. The fourth-order valence-electron chi connectivity index (χ4n) is 1.43. The van der Waals surface area contributed by atoms with E-state index in [1.165, 1.54) is 6.08 Å². The largest absolute Gasteiger partial charge is 0.480 e. The molecular weight excluding hydrogens is 240 g/mol. The predicted octanol–water partition coefficient (Wildman–Crippen LogP) is 0.492. The third-order valence-electron chi connectivity index (χ3n) is 2.30. The lowest BCUT2D eigenvalue weighted by atomic mass is 10.2. The number of nitrogens with one attached hydrogen (secondary N) is 2. The Morgan fingerprint density at radius 1 is 1.59 bits per heavy atom. The Morgan fingerprint density at radius 2 is 2.35 bits per heavy atom. The molecule has 0 aromatic carbocycles. The molecule has 1 heterocycles. The second kappa shape index (κ2) is 6.68. The second-order valence-corrected chi connectivity index (χ2v) is 5.04. The Labute approximate surface area is 105 Å². The van der Waals surface area contributed by atoms with Crippen LogP contribution >= 0.6 is 11.8 Å². The molecule has 0 saturated heterocycles. The molecule has 0 fully saturated rings. The van der Waals surface area contributed by atoms with Gasteiger partial charge in [-0.25, -0.2) is 0 Å². The Hall–Kier alpha value is -0.980. The summed E-state index contributed by atoms with van der Waals surface area (Å²) in [5.74, 6) is -0.734. The highest BCUT2D eigenvalue weighted by molar-refractivity contribution is 7.99. The molecular formula is C11H18N2O3S. The summed E-state index contributed by atoms with van der Waals surface area (Å²) >= 11 is 1.68. The summed E-state index contributed by atoms with van der Waals surface area (Å²) < 4.78 is 0. The van der Waals surface area contributed by atoms with Gasteiger partial charge < -0.3 is 15.5 Å². The zero-order valence-corrected chi connectivity index (χ0v) is 10.5. The van der Waals surface area contributed by atoms with Gasteiger partial charge in [0, 0.05) is 6.20 Å². The van der Waals surface area contributed by atoms with Crippen molar-refractivity contribution in [2.45, 2.75) is 25.2 Å². The van der Waals surface area contributed by atoms with Crippen molar-refractivity contribution in [2.75, 3.05) is 11.5 Å². The number of hydrogen-bond acceptors (Lipinski definition) is 5. The number of carbonyl (C=O) groups is 1. The molecule has 4 N–H and O–H groups in total. The molecule has 1 aliphatic rings. The van der Waals surface area contributed by atoms with Gasteiger partial charge >= 0.3 is 5.97 Å². The van der Waals surface area contributed by atoms with Crippen LogP contribution in [0.15, 0.2) is 24.4 Å². The van der Waals surface area contributed by atoms with E-state index in [1.807, 2.05) is 6.92 Å². The van der Waals surface area contributed by atoms with Crippen LogP contribution in [-0.4, -0.2) is 39.6 Å². The molecule has 0 spiro atoms. The summed E-state index contributed by atoms with van der Waals surface area (Å²) in [7, 11) is 0. The molecule has 0 aromatic rings. The van der Waals surface area contributed by atoms with E-state index in [-0.39, 0.29) is 0 Å². The first-order chi connectivity index (χ1) is 8.07. The van der Waals surface area contributed by atoms with E-state index in [4.69, 9.17) is 5.11 Å². The van der Waals surface area contributed by atoms with Gasteiger partial charge in [0.2, 0.25) is 5.85 Å². The lowest BCUT2D eigenvalue weighted by Gasteiger charge is -2.31. The zero-order valence-electron chi connectivity index (χ0n) is 9.72. The van der Waals surface area contributed by atoms with Gasteiger partial charge in [-0.1, -0.05) is 13.0 Å². The highest BCUT2D eigenvalue weighted by Gasteiger charge is 2.29. The van der Waals surface area contributed by atoms with Crippen LogP contribution in [0.2, 0.25) is 0 Å². The van der Waals surface area contributed by atoms with E-state index >= 15 is 0 Å². The van der Waals surface area contributed by atoms with E-state index in [2.05, 4.69) is 10.6 Å². The number of aliphatic carboxylic acids is 1. The van der Waals surface area contributed by atoms with E-state index in [1.54, 1.807) is 30.1 Å². The van der Waals surface area contributed by atoms with Crippen LogP contribution in [0.1, 0.15) is 13.3 Å². The van der Waals surface area contributed by atoms with Crippen LogP contribution in [0.3, 0.4) is 0 Å². The average molecular weight is 258 g/mol. The first-order valence-electron chi connectivity index (χ1n) is 5.50. The summed E-state index contributed by atoms with van der Waals surface area (Å²) in [4.78, 5) is 11.1. The van der Waals surface area contributed by atoms with Crippen LogP contribution in [0.25, 0.3) is 0 Å². The lowest BCUT2D eigenvalue weighted by molar-refractivity contribution is -0.141. The first kappa shape index (κ1) is 14.1. The molecule has 0 radical (unpaired) electrons. The number of rotatable bonds is 7. The number of carboxylic acids is 1. The van der Waals surface area contributed by atoms with Gasteiger partial charge in [-0.3, -0.25) is 10.1 Å². The SMILES string of the molecule is CCSCC[C@H](NC1(O)C=CC=CN1)C(=O)O. The summed E-state index contributed by atoms with van der Waals surface area (Å²) in [6.07, 6.45) is 6.89. The van der Waals surface area contributed by atoms with Crippen molar-refractivity contribution in [1.82, 2.24) is 10.6 Å². The molecule has 17 heavy (non-hydrogen) atoms. The fourth-order valence-corrected chi connectivity index (χ4v) is 2.12. The maximum Gasteiger partial charge on any atom is 0.320 e. The standard InChI is InChI=1S/C11H18N2O3S/c1-2-17-8-5-9(10(14)15)13-11(16)6-3-4-7-12-11/h3-4,6-7,9,12-13,16H,2,5,8H2,1H3,(H,14,15)/t9-,11?/m0/s1. The minimum absolute atomic E-state index is 0.468. The number of dihydropyridines is 1. The predicted molar refractivity (Wildman–Crippen MR) is 68.5 cm³/mol. The number of hydrogen-bond donors (Lipinski definition) is 4. The number of thioether (sulfide) groups is 1. The Balaban J connectivity index is 2.51. The van der Waals surface area contributed by atoms with Gasteiger partial charge in [-0.05, 0) is 30.1 Å². The van der Waals surface area contributed by atoms with E-state index in [9.17, 15) is 9.90 Å². The van der Waals surface area contributed by atoms with Crippen LogP contribution in [-0.2, 0) is 4.79 Å². The average Bonchev–Trinajstić information content (AvgIpc) is 2.28. The number of aliphatic hydroxyl groups is 1. The van der Waals surface area contributed by atoms with Crippen molar-refractivity contribution >= 4 is 17.7 Å². The Morgan fingerprint density at radius 3 is 2.88 bits per heavy atom. The second-order valence-electron chi connectivity index (χ2n) is 3.65. The van der Waals surface area contributed by atoms with Crippen molar-refractivity contribution in [3.8, 4) is 0 Å².